The average molecular weight is 228 g/mol. The second kappa shape index (κ2) is 4.06. The lowest BCUT2D eigenvalue weighted by Gasteiger charge is -2.07. The van der Waals surface area contributed by atoms with E-state index in [1.54, 1.807) is 13.0 Å². The number of pyridine rings is 1. The third-order valence-corrected chi connectivity index (χ3v) is 2.21. The lowest BCUT2D eigenvalue weighted by atomic mass is 10.2. The van der Waals surface area contributed by atoms with Gasteiger partial charge in [0.2, 0.25) is 5.82 Å². The summed E-state index contributed by atoms with van der Waals surface area (Å²) < 4.78 is 1.36. The van der Waals surface area contributed by atoms with Gasteiger partial charge in [-0.15, -0.1) is 0 Å². The molecular formula is C11H8N4O2. The maximum Gasteiger partial charge on any atom is 0.339 e. The summed E-state index contributed by atoms with van der Waals surface area (Å²) in [4.78, 5) is 19.0. The largest absolute Gasteiger partial charge is 0.478 e. The van der Waals surface area contributed by atoms with Crippen LogP contribution in [0, 0.1) is 18.3 Å². The summed E-state index contributed by atoms with van der Waals surface area (Å²) in [6, 6.07) is 4.95. The first-order valence-electron chi connectivity index (χ1n) is 4.78. The average Bonchev–Trinajstić information content (AvgIpc) is 2.76. The van der Waals surface area contributed by atoms with Crippen LogP contribution in [0.2, 0.25) is 0 Å². The van der Waals surface area contributed by atoms with Crippen molar-refractivity contribution in [2.45, 2.75) is 6.92 Å². The molecule has 2 heterocycles. The quantitative estimate of drug-likeness (QED) is 0.832. The van der Waals surface area contributed by atoms with E-state index in [1.807, 2.05) is 6.07 Å². The summed E-state index contributed by atoms with van der Waals surface area (Å²) in [6.45, 7) is 1.75. The van der Waals surface area contributed by atoms with Gasteiger partial charge in [-0.1, -0.05) is 0 Å². The van der Waals surface area contributed by atoms with Gasteiger partial charge < -0.3 is 5.11 Å². The smallest absolute Gasteiger partial charge is 0.339 e. The number of carboxylic acids is 1. The van der Waals surface area contributed by atoms with Gasteiger partial charge in [-0.3, -0.25) is 4.57 Å². The second-order valence-corrected chi connectivity index (χ2v) is 3.36. The van der Waals surface area contributed by atoms with Crippen LogP contribution >= 0.6 is 0 Å². The van der Waals surface area contributed by atoms with Crippen LogP contribution in [0.5, 0.6) is 0 Å². The van der Waals surface area contributed by atoms with Crippen molar-refractivity contribution in [3.8, 4) is 11.9 Å². The van der Waals surface area contributed by atoms with Gasteiger partial charge in [-0.2, -0.15) is 5.26 Å². The van der Waals surface area contributed by atoms with Crippen molar-refractivity contribution in [2.75, 3.05) is 0 Å². The number of aromatic nitrogens is 3. The minimum Gasteiger partial charge on any atom is -0.478 e. The van der Waals surface area contributed by atoms with Crippen molar-refractivity contribution in [3.63, 3.8) is 0 Å². The molecule has 2 rings (SSSR count). The number of nitrogens with zero attached hydrogens (tertiary/aromatic N) is 4. The Hall–Kier alpha value is -2.68. The van der Waals surface area contributed by atoms with E-state index >= 15 is 0 Å². The van der Waals surface area contributed by atoms with Crippen LogP contribution in [-0.4, -0.2) is 25.6 Å². The summed E-state index contributed by atoms with van der Waals surface area (Å²) in [6.07, 6.45) is 2.93. The van der Waals surface area contributed by atoms with Gasteiger partial charge in [-0.05, 0) is 19.1 Å². The van der Waals surface area contributed by atoms with Crippen molar-refractivity contribution in [3.05, 3.63) is 41.6 Å². The normalized spacial score (nSPS) is 9.88. The summed E-state index contributed by atoms with van der Waals surface area (Å²) in [5.74, 6) is -0.790. The van der Waals surface area contributed by atoms with Crippen molar-refractivity contribution in [1.82, 2.24) is 14.5 Å². The van der Waals surface area contributed by atoms with Crippen LogP contribution in [0.15, 0.2) is 24.5 Å². The van der Waals surface area contributed by atoms with Crippen LogP contribution < -0.4 is 0 Å². The van der Waals surface area contributed by atoms with Gasteiger partial charge in [0.25, 0.3) is 0 Å². The molecule has 2 aromatic heterocycles. The summed E-state index contributed by atoms with van der Waals surface area (Å²) in [5.41, 5.74) is 0.702. The van der Waals surface area contributed by atoms with Gasteiger partial charge in [0.05, 0.1) is 0 Å². The minimum atomic E-state index is -1.09. The molecule has 0 saturated carbocycles. The number of hydrogen-bond donors (Lipinski definition) is 1. The molecule has 84 valence electrons. The maximum absolute atomic E-state index is 11.1. The minimum absolute atomic E-state index is 0.0325. The number of hydrogen-bond acceptors (Lipinski definition) is 4. The Kier molecular flexibility index (Phi) is 2.58. The molecule has 0 aromatic carbocycles. The summed E-state index contributed by atoms with van der Waals surface area (Å²) in [7, 11) is 0. The molecule has 0 aliphatic rings. The molecule has 17 heavy (non-hydrogen) atoms. The SMILES string of the molecule is Cc1ccc(C(=O)O)c(-n2ccnc2C#N)n1. The number of aryl methyl sites for hydroxylation is 1. The van der Waals surface area contributed by atoms with Crippen LogP contribution in [-0.2, 0) is 0 Å². The number of carboxylic acid groups (broad SMARTS) is 1. The lowest BCUT2D eigenvalue weighted by Crippen LogP contribution is -2.09. The highest BCUT2D eigenvalue weighted by Crippen LogP contribution is 2.14. The fourth-order valence-corrected chi connectivity index (χ4v) is 1.45. The molecule has 0 spiro atoms. The van der Waals surface area contributed by atoms with E-state index in [9.17, 15) is 4.79 Å². The first-order valence-corrected chi connectivity index (χ1v) is 4.78. The third kappa shape index (κ3) is 1.86. The molecule has 0 radical (unpaired) electrons. The van der Waals surface area contributed by atoms with E-state index in [-0.39, 0.29) is 17.2 Å². The Morgan fingerprint density at radius 1 is 1.53 bits per heavy atom. The molecule has 0 unspecified atom stereocenters. The van der Waals surface area contributed by atoms with E-state index in [0.717, 1.165) is 0 Å². The number of carbonyl (C=O) groups is 1. The van der Waals surface area contributed by atoms with Crippen LogP contribution in [0.4, 0.5) is 0 Å². The van der Waals surface area contributed by atoms with E-state index in [4.69, 9.17) is 10.4 Å². The Morgan fingerprint density at radius 3 is 2.94 bits per heavy atom. The highest BCUT2D eigenvalue weighted by atomic mass is 16.4. The van der Waals surface area contributed by atoms with Gasteiger partial charge in [0.15, 0.2) is 5.82 Å². The molecule has 0 fully saturated rings. The number of rotatable bonds is 2. The third-order valence-electron chi connectivity index (χ3n) is 2.21. The van der Waals surface area contributed by atoms with Crippen LogP contribution in [0.3, 0.4) is 0 Å². The molecule has 2 aromatic rings. The molecule has 0 aliphatic carbocycles. The Morgan fingerprint density at radius 2 is 2.29 bits per heavy atom. The topological polar surface area (TPSA) is 91.8 Å². The Labute approximate surface area is 96.8 Å². The highest BCUT2D eigenvalue weighted by Gasteiger charge is 2.15. The van der Waals surface area contributed by atoms with Crippen molar-refractivity contribution in [1.29, 1.82) is 5.26 Å². The Bertz CT molecular complexity index is 625. The zero-order valence-electron chi connectivity index (χ0n) is 8.95. The fraction of sp³-hybridized carbons (Fsp3) is 0.0909. The van der Waals surface area contributed by atoms with E-state index in [0.29, 0.717) is 5.69 Å². The van der Waals surface area contributed by atoms with Crippen LogP contribution in [0.25, 0.3) is 5.82 Å². The van der Waals surface area contributed by atoms with Crippen LogP contribution in [0.1, 0.15) is 21.9 Å². The standard InChI is InChI=1S/C11H8N4O2/c1-7-2-3-8(11(16)17)10(14-7)15-5-4-13-9(15)6-12/h2-5H,1H3,(H,16,17). The highest BCUT2D eigenvalue weighted by molar-refractivity contribution is 5.91. The van der Waals surface area contributed by atoms with Gasteiger partial charge in [-0.25, -0.2) is 14.8 Å². The summed E-state index contributed by atoms with van der Waals surface area (Å²) >= 11 is 0. The molecule has 0 aliphatic heterocycles. The maximum atomic E-state index is 11.1. The van der Waals surface area contributed by atoms with E-state index in [2.05, 4.69) is 9.97 Å². The zero-order chi connectivity index (χ0) is 12.4. The first-order chi connectivity index (χ1) is 8.13. The second-order valence-electron chi connectivity index (χ2n) is 3.36. The van der Waals surface area contributed by atoms with Crippen molar-refractivity contribution in [2.24, 2.45) is 0 Å². The molecule has 0 bridgehead atoms. The summed E-state index contributed by atoms with van der Waals surface area (Å²) in [5, 5.41) is 17.9. The number of nitriles is 1. The lowest BCUT2D eigenvalue weighted by molar-refractivity contribution is 0.0696. The predicted molar refractivity (Wildman–Crippen MR) is 57.8 cm³/mol. The molecular weight excluding hydrogens is 220 g/mol. The monoisotopic (exact) mass is 228 g/mol. The molecule has 0 atom stereocenters. The number of imidazole rings is 1. The van der Waals surface area contributed by atoms with Gasteiger partial charge >= 0.3 is 5.97 Å². The predicted octanol–water partition coefficient (Wildman–Crippen LogP) is 1.15. The van der Waals surface area contributed by atoms with E-state index < -0.39 is 5.97 Å². The Balaban J connectivity index is 2.70. The number of aromatic carboxylic acids is 1. The van der Waals surface area contributed by atoms with Crippen molar-refractivity contribution >= 4 is 5.97 Å². The molecule has 0 saturated heterocycles. The molecule has 6 heteroatoms. The molecule has 1 N–H and O–H groups in total. The van der Waals surface area contributed by atoms with E-state index in [1.165, 1.54) is 23.0 Å². The van der Waals surface area contributed by atoms with Crippen molar-refractivity contribution < 1.29 is 9.90 Å². The van der Waals surface area contributed by atoms with Gasteiger partial charge in [0, 0.05) is 18.1 Å². The fourth-order valence-electron chi connectivity index (χ4n) is 1.45. The first kappa shape index (κ1) is 10.8. The molecule has 6 nitrogen and oxygen atoms in total. The molecule has 0 amide bonds. The zero-order valence-corrected chi connectivity index (χ0v) is 8.95. The van der Waals surface area contributed by atoms with Gasteiger partial charge in [0.1, 0.15) is 11.6 Å².